The number of alkyl halides is 3. The van der Waals surface area contributed by atoms with Crippen molar-refractivity contribution in [2.75, 3.05) is 6.61 Å². The van der Waals surface area contributed by atoms with Crippen molar-refractivity contribution >= 4 is 27.3 Å². The zero-order chi connectivity index (χ0) is 15.6. The van der Waals surface area contributed by atoms with Gasteiger partial charge in [0.15, 0.2) is 6.61 Å². The van der Waals surface area contributed by atoms with E-state index in [1.807, 2.05) is 0 Å². The van der Waals surface area contributed by atoms with Crippen LogP contribution in [-0.2, 0) is 14.9 Å². The summed E-state index contributed by atoms with van der Waals surface area (Å²) >= 11 is 5.53. The summed E-state index contributed by atoms with van der Waals surface area (Å²) in [5, 5.41) is 10.1. The van der Waals surface area contributed by atoms with Gasteiger partial charge in [-0.1, -0.05) is 16.5 Å². The molecule has 0 aliphatic heterocycles. The van der Waals surface area contributed by atoms with Crippen molar-refractivity contribution in [2.24, 2.45) is 0 Å². The third kappa shape index (κ3) is 4.59. The number of nitrogens with zero attached hydrogens (tertiary/aromatic N) is 1. The van der Waals surface area contributed by atoms with Gasteiger partial charge in [0.05, 0.1) is 9.95 Å². The Bertz CT molecular complexity index is 619. The van der Waals surface area contributed by atoms with Crippen molar-refractivity contribution in [2.45, 2.75) is 11.1 Å². The topological polar surface area (TPSA) is 98.5 Å². The number of halogens is 4. The van der Waals surface area contributed by atoms with E-state index >= 15 is 0 Å². The lowest BCUT2D eigenvalue weighted by atomic mass is 10.3. The van der Waals surface area contributed by atoms with Crippen LogP contribution < -0.4 is 4.89 Å². The van der Waals surface area contributed by atoms with E-state index in [1.54, 1.807) is 0 Å². The van der Waals surface area contributed by atoms with E-state index in [9.17, 15) is 31.7 Å². The van der Waals surface area contributed by atoms with Gasteiger partial charge in [-0.15, -0.1) is 0 Å². The molecule has 0 atom stereocenters. The van der Waals surface area contributed by atoms with Gasteiger partial charge < -0.3 is 0 Å². The van der Waals surface area contributed by atoms with Crippen LogP contribution in [0.15, 0.2) is 23.1 Å². The molecular formula is C8H6ClF3N2O5S. The smallest absolute Gasteiger partial charge is 0.277 e. The second-order valence-electron chi connectivity index (χ2n) is 3.36. The first kappa shape index (κ1) is 16.6. The van der Waals surface area contributed by atoms with Gasteiger partial charge in [-0.3, -0.25) is 15.0 Å². The number of hydrogen-bond donors (Lipinski definition) is 1. The molecule has 1 aromatic carbocycles. The standard InChI is InChI=1S/C8H6ClF3N2O5S/c9-6-2-1-5(14(15)16)3-7(6)20(17,18)13-19-4-8(10,11)12/h1-3,13H,4H2. The monoisotopic (exact) mass is 334 g/mol. The number of benzene rings is 1. The highest BCUT2D eigenvalue weighted by molar-refractivity contribution is 7.89. The minimum Gasteiger partial charge on any atom is -0.277 e. The summed E-state index contributed by atoms with van der Waals surface area (Å²) in [5.41, 5.74) is -0.592. The lowest BCUT2D eigenvalue weighted by molar-refractivity contribution is -0.385. The summed E-state index contributed by atoms with van der Waals surface area (Å²) in [6.45, 7) is -1.86. The van der Waals surface area contributed by atoms with Crippen molar-refractivity contribution in [1.29, 1.82) is 0 Å². The average molecular weight is 335 g/mol. The van der Waals surface area contributed by atoms with Crippen molar-refractivity contribution in [3.05, 3.63) is 33.3 Å². The van der Waals surface area contributed by atoms with Gasteiger partial charge in [-0.25, -0.2) is 8.42 Å². The molecule has 112 valence electrons. The van der Waals surface area contributed by atoms with E-state index in [0.29, 0.717) is 6.07 Å². The molecule has 0 spiro atoms. The molecule has 0 unspecified atom stereocenters. The zero-order valence-electron chi connectivity index (χ0n) is 9.35. The number of hydrogen-bond acceptors (Lipinski definition) is 5. The first-order valence-corrected chi connectivity index (χ1v) is 6.53. The number of non-ortho nitro benzene ring substituents is 1. The molecule has 0 aromatic heterocycles. The number of nitro benzene ring substituents is 1. The Morgan fingerprint density at radius 1 is 1.40 bits per heavy atom. The van der Waals surface area contributed by atoms with Crippen LogP contribution in [0.1, 0.15) is 0 Å². The normalized spacial score (nSPS) is 12.4. The van der Waals surface area contributed by atoms with E-state index in [2.05, 4.69) is 4.84 Å². The van der Waals surface area contributed by atoms with Crippen LogP contribution in [0.5, 0.6) is 0 Å². The lowest BCUT2D eigenvalue weighted by Crippen LogP contribution is -2.29. The molecule has 0 heterocycles. The summed E-state index contributed by atoms with van der Waals surface area (Å²) in [6, 6.07) is 2.47. The molecule has 1 N–H and O–H groups in total. The fourth-order valence-corrected chi connectivity index (χ4v) is 2.37. The highest BCUT2D eigenvalue weighted by Gasteiger charge is 2.30. The molecule has 0 saturated heterocycles. The van der Waals surface area contributed by atoms with Crippen molar-refractivity contribution in [1.82, 2.24) is 4.89 Å². The second-order valence-corrected chi connectivity index (χ2v) is 5.38. The number of sulfonamides is 1. The van der Waals surface area contributed by atoms with E-state index < -0.39 is 43.3 Å². The van der Waals surface area contributed by atoms with Crippen LogP contribution in [-0.4, -0.2) is 26.1 Å². The number of nitro groups is 1. The molecule has 7 nitrogen and oxygen atoms in total. The van der Waals surface area contributed by atoms with E-state index in [1.165, 1.54) is 4.89 Å². The van der Waals surface area contributed by atoms with Gasteiger partial charge >= 0.3 is 6.18 Å². The maximum atomic E-state index is 11.8. The predicted molar refractivity (Wildman–Crippen MR) is 60.4 cm³/mol. The van der Waals surface area contributed by atoms with Crippen LogP contribution in [0.25, 0.3) is 0 Å². The van der Waals surface area contributed by atoms with E-state index in [-0.39, 0.29) is 0 Å². The largest absolute Gasteiger partial charge is 0.413 e. The quantitative estimate of drug-likeness (QED) is 0.656. The fraction of sp³-hybridized carbons (Fsp3) is 0.250. The van der Waals surface area contributed by atoms with Crippen molar-refractivity contribution in [3.8, 4) is 0 Å². The molecule has 0 radical (unpaired) electrons. The Morgan fingerprint density at radius 2 is 2.00 bits per heavy atom. The molecule has 1 aromatic rings. The molecule has 0 amide bonds. The molecule has 20 heavy (non-hydrogen) atoms. The molecule has 0 aliphatic rings. The molecule has 0 aliphatic carbocycles. The van der Waals surface area contributed by atoms with Crippen LogP contribution in [0.2, 0.25) is 5.02 Å². The zero-order valence-corrected chi connectivity index (χ0v) is 10.9. The first-order valence-electron chi connectivity index (χ1n) is 4.67. The Balaban J connectivity index is 2.97. The minimum absolute atomic E-state index is 0.404. The van der Waals surface area contributed by atoms with E-state index in [4.69, 9.17) is 11.6 Å². The average Bonchev–Trinajstić information content (AvgIpc) is 2.26. The summed E-state index contributed by atoms with van der Waals surface area (Å²) < 4.78 is 58.6. The predicted octanol–water partition coefficient (Wildman–Crippen LogP) is 2.02. The Hall–Kier alpha value is -1.43. The van der Waals surface area contributed by atoms with Crippen LogP contribution in [0.3, 0.4) is 0 Å². The van der Waals surface area contributed by atoms with Crippen LogP contribution in [0, 0.1) is 10.1 Å². The number of rotatable bonds is 5. The lowest BCUT2D eigenvalue weighted by Gasteiger charge is -2.10. The summed E-state index contributed by atoms with van der Waals surface area (Å²) in [5.74, 6) is 0. The van der Waals surface area contributed by atoms with Crippen LogP contribution in [0.4, 0.5) is 18.9 Å². The molecule has 0 bridgehead atoms. The van der Waals surface area contributed by atoms with Gasteiger partial charge in [-0.05, 0) is 6.07 Å². The highest BCUT2D eigenvalue weighted by Crippen LogP contribution is 2.26. The van der Waals surface area contributed by atoms with Crippen molar-refractivity contribution < 1.29 is 31.3 Å². The fourth-order valence-electron chi connectivity index (χ4n) is 1.05. The molecule has 0 fully saturated rings. The third-order valence-electron chi connectivity index (χ3n) is 1.82. The minimum atomic E-state index is -4.74. The first-order chi connectivity index (χ1) is 9.03. The van der Waals surface area contributed by atoms with Crippen molar-refractivity contribution in [3.63, 3.8) is 0 Å². The van der Waals surface area contributed by atoms with Gasteiger partial charge in [0, 0.05) is 12.1 Å². The Kier molecular flexibility index (Phi) is 4.91. The summed E-state index contributed by atoms with van der Waals surface area (Å²) in [6.07, 6.45) is -4.74. The van der Waals surface area contributed by atoms with Gasteiger partial charge in [0.2, 0.25) is 0 Å². The summed E-state index contributed by atoms with van der Waals surface area (Å²) in [7, 11) is -4.58. The Morgan fingerprint density at radius 3 is 2.50 bits per heavy atom. The Labute approximate surface area is 115 Å². The van der Waals surface area contributed by atoms with Gasteiger partial charge in [-0.2, -0.15) is 13.2 Å². The highest BCUT2D eigenvalue weighted by atomic mass is 35.5. The molecule has 1 rings (SSSR count). The molecule has 12 heteroatoms. The maximum absolute atomic E-state index is 11.8. The van der Waals surface area contributed by atoms with Gasteiger partial charge in [0.25, 0.3) is 15.7 Å². The number of nitrogens with one attached hydrogen (secondary N) is 1. The van der Waals surface area contributed by atoms with E-state index in [0.717, 1.165) is 12.1 Å². The molecule has 0 saturated carbocycles. The summed E-state index contributed by atoms with van der Waals surface area (Å²) in [4.78, 5) is 13.8. The maximum Gasteiger partial charge on any atom is 0.413 e. The van der Waals surface area contributed by atoms with Gasteiger partial charge in [0.1, 0.15) is 4.90 Å². The third-order valence-corrected chi connectivity index (χ3v) is 3.52. The SMILES string of the molecule is O=[N+]([O-])c1ccc(Cl)c(S(=O)(=O)NOCC(F)(F)F)c1. The molecular weight excluding hydrogens is 329 g/mol. The second kappa shape index (κ2) is 5.91. The van der Waals surface area contributed by atoms with Crippen LogP contribution >= 0.6 is 11.6 Å².